The van der Waals surface area contributed by atoms with Gasteiger partial charge in [-0.2, -0.15) is 0 Å². The normalized spacial score (nSPS) is 11.5. The third kappa shape index (κ3) is 2.44. The maximum atomic E-state index is 11.3. The van der Waals surface area contributed by atoms with Crippen molar-refractivity contribution in [1.82, 2.24) is 4.98 Å². The number of hydrogen-bond acceptors (Lipinski definition) is 7. The summed E-state index contributed by atoms with van der Waals surface area (Å²) in [4.78, 5) is 15.9. The van der Waals surface area contributed by atoms with E-state index < -0.39 is 5.97 Å². The minimum Gasteiger partial charge on any atom is -0.461 e. The Bertz CT molecular complexity index is 400. The van der Waals surface area contributed by atoms with Gasteiger partial charge >= 0.3 is 5.97 Å². The number of carbonyl (C=O) groups is 1. The molecule has 0 aromatic carbocycles. The van der Waals surface area contributed by atoms with Crippen LogP contribution in [0.5, 0.6) is 0 Å². The van der Waals surface area contributed by atoms with Crippen LogP contribution in [0, 0.1) is 6.92 Å². The van der Waals surface area contributed by atoms with E-state index in [1.165, 1.54) is 11.3 Å². The molecule has 82 valence electrons. The number of nitrogens with zero attached hydrogens (tertiary/aromatic N) is 2. The molecule has 0 aliphatic carbocycles. The molecule has 0 aliphatic rings. The number of esters is 1. The lowest BCUT2D eigenvalue weighted by molar-refractivity contribution is -0.135. The van der Waals surface area contributed by atoms with Gasteiger partial charge in [-0.15, -0.1) is 11.3 Å². The number of rotatable bonds is 3. The van der Waals surface area contributed by atoms with Gasteiger partial charge in [-0.1, -0.05) is 5.16 Å². The van der Waals surface area contributed by atoms with Crippen molar-refractivity contribution < 1.29 is 14.7 Å². The van der Waals surface area contributed by atoms with Crippen LogP contribution in [0.2, 0.25) is 0 Å². The monoisotopic (exact) mass is 229 g/mol. The smallest absolute Gasteiger partial charge is 0.362 e. The average Bonchev–Trinajstić information content (AvgIpc) is 2.47. The molecule has 15 heavy (non-hydrogen) atoms. The van der Waals surface area contributed by atoms with Crippen LogP contribution in [0.3, 0.4) is 0 Å². The summed E-state index contributed by atoms with van der Waals surface area (Å²) < 4.78 is 4.71. The number of nitrogens with two attached hydrogens (primary N) is 1. The molecule has 0 saturated carbocycles. The van der Waals surface area contributed by atoms with Crippen LogP contribution in [0.15, 0.2) is 5.16 Å². The first-order chi connectivity index (χ1) is 7.10. The molecule has 0 spiro atoms. The standard InChI is InChI=1S/C8H11N3O3S/c1-3-14-7(12)6(11-13)5-4(2)15-8(9)10-5/h13H,3H2,1-2H3,(H2,9,10). The number of oxime groups is 1. The summed E-state index contributed by atoms with van der Waals surface area (Å²) in [7, 11) is 0. The van der Waals surface area contributed by atoms with E-state index >= 15 is 0 Å². The molecule has 1 rings (SSSR count). The molecule has 0 aliphatic heterocycles. The highest BCUT2D eigenvalue weighted by Crippen LogP contribution is 2.20. The number of thiazole rings is 1. The van der Waals surface area contributed by atoms with Crippen molar-refractivity contribution in [3.63, 3.8) is 0 Å². The van der Waals surface area contributed by atoms with Gasteiger partial charge < -0.3 is 15.7 Å². The Kier molecular flexibility index (Phi) is 3.62. The number of carbonyl (C=O) groups excluding carboxylic acids is 1. The van der Waals surface area contributed by atoms with E-state index in [-0.39, 0.29) is 18.0 Å². The fourth-order valence-corrected chi connectivity index (χ4v) is 1.71. The second kappa shape index (κ2) is 4.74. The van der Waals surface area contributed by atoms with Gasteiger partial charge in [0.2, 0.25) is 5.71 Å². The summed E-state index contributed by atoms with van der Waals surface area (Å²) in [5, 5.41) is 11.9. The number of aromatic nitrogens is 1. The van der Waals surface area contributed by atoms with Gasteiger partial charge in [0.05, 0.1) is 6.61 Å². The number of ether oxygens (including phenoxy) is 1. The Morgan fingerprint density at radius 3 is 2.80 bits per heavy atom. The van der Waals surface area contributed by atoms with Gasteiger partial charge in [-0.3, -0.25) is 0 Å². The molecule has 0 unspecified atom stereocenters. The van der Waals surface area contributed by atoms with E-state index in [9.17, 15) is 4.79 Å². The lowest BCUT2D eigenvalue weighted by atomic mass is 10.2. The molecule has 1 aromatic rings. The molecule has 0 saturated heterocycles. The van der Waals surface area contributed by atoms with Crippen LogP contribution in [-0.2, 0) is 9.53 Å². The van der Waals surface area contributed by atoms with E-state index in [0.717, 1.165) is 0 Å². The van der Waals surface area contributed by atoms with Crippen molar-refractivity contribution in [2.75, 3.05) is 12.3 Å². The van der Waals surface area contributed by atoms with Crippen LogP contribution in [0.1, 0.15) is 17.5 Å². The van der Waals surface area contributed by atoms with Gasteiger partial charge in [0.1, 0.15) is 5.69 Å². The zero-order chi connectivity index (χ0) is 11.4. The molecule has 1 aromatic heterocycles. The maximum Gasteiger partial charge on any atom is 0.362 e. The predicted octanol–water partition coefficient (Wildman–Crippen LogP) is 0.775. The number of aryl methyl sites for hydroxylation is 1. The molecule has 0 atom stereocenters. The Morgan fingerprint density at radius 1 is 1.73 bits per heavy atom. The lowest BCUT2D eigenvalue weighted by Crippen LogP contribution is -2.20. The Labute approximate surface area is 90.4 Å². The zero-order valence-corrected chi connectivity index (χ0v) is 9.17. The van der Waals surface area contributed by atoms with Crippen molar-refractivity contribution in [2.24, 2.45) is 5.16 Å². The minimum absolute atomic E-state index is 0.205. The average molecular weight is 229 g/mol. The molecule has 0 fully saturated rings. The van der Waals surface area contributed by atoms with Crippen molar-refractivity contribution in [1.29, 1.82) is 0 Å². The highest BCUT2D eigenvalue weighted by atomic mass is 32.1. The van der Waals surface area contributed by atoms with Crippen molar-refractivity contribution in [2.45, 2.75) is 13.8 Å². The Morgan fingerprint density at radius 2 is 2.40 bits per heavy atom. The fraction of sp³-hybridized carbons (Fsp3) is 0.375. The molecule has 0 bridgehead atoms. The third-order valence-corrected chi connectivity index (χ3v) is 2.41. The number of hydrogen-bond donors (Lipinski definition) is 2. The highest BCUT2D eigenvalue weighted by molar-refractivity contribution is 7.15. The SMILES string of the molecule is CCOC(=O)C(=NO)c1nc(N)sc1C. The topological polar surface area (TPSA) is 97.8 Å². The molecular weight excluding hydrogens is 218 g/mol. The summed E-state index contributed by atoms with van der Waals surface area (Å²) >= 11 is 1.22. The highest BCUT2D eigenvalue weighted by Gasteiger charge is 2.21. The van der Waals surface area contributed by atoms with E-state index in [1.807, 2.05) is 0 Å². The number of anilines is 1. The molecule has 3 N–H and O–H groups in total. The first kappa shape index (κ1) is 11.4. The van der Waals surface area contributed by atoms with Gasteiger partial charge in [0.15, 0.2) is 5.13 Å². The van der Waals surface area contributed by atoms with Crippen LogP contribution < -0.4 is 5.73 Å². The van der Waals surface area contributed by atoms with Gasteiger partial charge in [0.25, 0.3) is 0 Å². The number of nitrogen functional groups attached to an aromatic ring is 1. The first-order valence-electron chi connectivity index (χ1n) is 4.22. The third-order valence-electron chi connectivity index (χ3n) is 1.61. The summed E-state index contributed by atoms with van der Waals surface area (Å²) in [6.07, 6.45) is 0. The fourth-order valence-electron chi connectivity index (χ4n) is 1.02. The van der Waals surface area contributed by atoms with Crippen molar-refractivity contribution in [3.8, 4) is 0 Å². The van der Waals surface area contributed by atoms with E-state index in [1.54, 1.807) is 13.8 Å². The van der Waals surface area contributed by atoms with Gasteiger partial charge in [-0.25, -0.2) is 9.78 Å². The molecule has 0 amide bonds. The molecular formula is C8H11N3O3S. The second-order valence-corrected chi connectivity index (χ2v) is 3.86. The molecule has 7 heteroatoms. The van der Waals surface area contributed by atoms with Crippen LogP contribution in [0.25, 0.3) is 0 Å². The largest absolute Gasteiger partial charge is 0.461 e. The van der Waals surface area contributed by atoms with E-state index in [4.69, 9.17) is 15.7 Å². The molecule has 0 radical (unpaired) electrons. The van der Waals surface area contributed by atoms with Gasteiger partial charge in [0, 0.05) is 4.88 Å². The van der Waals surface area contributed by atoms with Gasteiger partial charge in [-0.05, 0) is 13.8 Å². The van der Waals surface area contributed by atoms with Crippen LogP contribution >= 0.6 is 11.3 Å². The van der Waals surface area contributed by atoms with Crippen LogP contribution in [0.4, 0.5) is 5.13 Å². The minimum atomic E-state index is -0.714. The van der Waals surface area contributed by atoms with E-state index in [2.05, 4.69) is 10.1 Å². The van der Waals surface area contributed by atoms with Crippen LogP contribution in [-0.4, -0.2) is 28.5 Å². The van der Waals surface area contributed by atoms with Crippen molar-refractivity contribution in [3.05, 3.63) is 10.6 Å². The zero-order valence-electron chi connectivity index (χ0n) is 8.35. The Hall–Kier alpha value is -1.63. The van der Waals surface area contributed by atoms with Crippen molar-refractivity contribution >= 4 is 28.1 Å². The quantitative estimate of drug-likeness (QED) is 0.345. The first-order valence-corrected chi connectivity index (χ1v) is 5.04. The summed E-state index contributed by atoms with van der Waals surface area (Å²) in [5.74, 6) is -0.714. The van der Waals surface area contributed by atoms with E-state index in [0.29, 0.717) is 10.0 Å². The molecule has 1 heterocycles. The summed E-state index contributed by atoms with van der Waals surface area (Å²) in [6, 6.07) is 0. The lowest BCUT2D eigenvalue weighted by Gasteiger charge is -2.01. The summed E-state index contributed by atoms with van der Waals surface area (Å²) in [5.41, 5.74) is 5.51. The second-order valence-electron chi connectivity index (χ2n) is 2.63. The molecule has 6 nitrogen and oxygen atoms in total. The maximum absolute atomic E-state index is 11.3. The summed E-state index contributed by atoms with van der Waals surface area (Å²) in [6.45, 7) is 3.60. The predicted molar refractivity (Wildman–Crippen MR) is 56.2 cm³/mol. The Balaban J connectivity index is 3.03.